The highest BCUT2D eigenvalue weighted by molar-refractivity contribution is 5.05. The van der Waals surface area contributed by atoms with Gasteiger partial charge in [-0.25, -0.2) is 0 Å². The number of hydrogen-bond acceptors (Lipinski definition) is 1. The van der Waals surface area contributed by atoms with Gasteiger partial charge in [-0.15, -0.1) is 0 Å². The molecule has 4 aliphatic carbocycles. The Hall–Kier alpha value is -0.0400. The number of fused-ring (bicyclic) bond motifs is 5. The zero-order valence-electron chi connectivity index (χ0n) is 22.5. The van der Waals surface area contributed by atoms with Crippen LogP contribution >= 0.6 is 0 Å². The molecule has 0 aromatic carbocycles. The Morgan fingerprint density at radius 3 is 2.19 bits per heavy atom. The maximum Gasteiger partial charge on any atom is 0.0459 e. The second-order valence-corrected chi connectivity index (χ2v) is 11.9. The van der Waals surface area contributed by atoms with Gasteiger partial charge in [0.1, 0.15) is 0 Å². The lowest BCUT2D eigenvalue weighted by Crippen LogP contribution is -2.54. The highest BCUT2D eigenvalue weighted by Crippen LogP contribution is 2.64. The molecule has 4 rings (SSSR count). The van der Waals surface area contributed by atoms with Crippen molar-refractivity contribution >= 4 is 0 Å². The van der Waals surface area contributed by atoms with Gasteiger partial charge in [0.05, 0.1) is 0 Å². The van der Waals surface area contributed by atoms with Crippen LogP contribution < -0.4 is 0 Å². The molecule has 0 radical (unpaired) electrons. The van der Waals surface area contributed by atoms with E-state index < -0.39 is 0 Å². The lowest BCUT2D eigenvalue weighted by molar-refractivity contribution is -0.123. The average molecular weight is 435 g/mol. The Balaban J connectivity index is 0.000000630. The molecule has 31 heavy (non-hydrogen) atoms. The summed E-state index contributed by atoms with van der Waals surface area (Å²) >= 11 is 0. The van der Waals surface area contributed by atoms with Gasteiger partial charge in [-0.3, -0.25) is 0 Å². The van der Waals surface area contributed by atoms with Crippen LogP contribution in [0.4, 0.5) is 0 Å². The summed E-state index contributed by atoms with van der Waals surface area (Å²) < 4.78 is 0. The molecular formula is C30H58O. The minimum atomic E-state index is 0.393. The number of rotatable bonds is 4. The minimum absolute atomic E-state index is 0.393. The monoisotopic (exact) mass is 434 g/mol. The van der Waals surface area contributed by atoms with Crippen LogP contribution in [0.1, 0.15) is 132 Å². The Morgan fingerprint density at radius 1 is 0.871 bits per heavy atom. The van der Waals surface area contributed by atoms with Crippen LogP contribution in [0.2, 0.25) is 0 Å². The third kappa shape index (κ3) is 5.91. The van der Waals surface area contributed by atoms with E-state index in [1.807, 2.05) is 13.8 Å². The summed E-state index contributed by atoms with van der Waals surface area (Å²) in [6.07, 6.45) is 19.1. The molecule has 1 nitrogen and oxygen atoms in total. The predicted octanol–water partition coefficient (Wildman–Crippen LogP) is 9.13. The average Bonchev–Trinajstić information content (AvgIpc) is 2.79. The zero-order valence-corrected chi connectivity index (χ0v) is 22.5. The summed E-state index contributed by atoms with van der Waals surface area (Å²) in [5.41, 5.74) is 0.522. The SMILES string of the molecule is CC.CCC.CCCC1CCC2C(CCC3C2CCC2(C)C(C(C)CO)CCCC32)C1. The summed E-state index contributed by atoms with van der Waals surface area (Å²) in [6.45, 7) is 16.0. The topological polar surface area (TPSA) is 20.2 Å². The third-order valence-corrected chi connectivity index (χ3v) is 10.0. The Morgan fingerprint density at radius 2 is 1.55 bits per heavy atom. The van der Waals surface area contributed by atoms with Crippen molar-refractivity contribution < 1.29 is 5.11 Å². The van der Waals surface area contributed by atoms with Gasteiger partial charge in [0, 0.05) is 6.61 Å². The maximum atomic E-state index is 9.85. The number of hydrogen-bond donors (Lipinski definition) is 1. The van der Waals surface area contributed by atoms with Crippen molar-refractivity contribution in [3.05, 3.63) is 0 Å². The summed E-state index contributed by atoms with van der Waals surface area (Å²) in [4.78, 5) is 0. The Kier molecular flexibility index (Phi) is 11.4. The van der Waals surface area contributed by atoms with Crippen molar-refractivity contribution in [1.29, 1.82) is 0 Å². The van der Waals surface area contributed by atoms with Gasteiger partial charge in [0.2, 0.25) is 0 Å². The molecule has 0 spiro atoms. The molecule has 9 unspecified atom stereocenters. The molecule has 1 heteroatoms. The first-order valence-electron chi connectivity index (χ1n) is 14.6. The molecule has 0 aromatic rings. The predicted molar refractivity (Wildman–Crippen MR) is 137 cm³/mol. The summed E-state index contributed by atoms with van der Waals surface area (Å²) in [5, 5.41) is 9.85. The second kappa shape index (κ2) is 13.0. The van der Waals surface area contributed by atoms with Crippen molar-refractivity contribution in [2.24, 2.45) is 52.8 Å². The molecule has 0 amide bonds. The largest absolute Gasteiger partial charge is 0.396 e. The molecule has 0 bridgehead atoms. The molecule has 0 aromatic heterocycles. The molecule has 1 N–H and O–H groups in total. The van der Waals surface area contributed by atoms with Crippen molar-refractivity contribution in [2.75, 3.05) is 6.61 Å². The van der Waals surface area contributed by atoms with Gasteiger partial charge in [0.15, 0.2) is 0 Å². The first-order chi connectivity index (χ1) is 15.0. The standard InChI is InChI=1S/C25H44O.C3H8.C2H6/c1-4-6-18-9-11-20-19(15-18)10-12-22-21(20)13-14-25(3)23(17(2)16-26)7-5-8-24(22)25;1-3-2;1-2/h17-24,26H,4-16H2,1-3H3;3H2,1-2H3;1-2H3. The third-order valence-electron chi connectivity index (χ3n) is 10.0. The van der Waals surface area contributed by atoms with Crippen molar-refractivity contribution in [3.8, 4) is 0 Å². The van der Waals surface area contributed by atoms with Gasteiger partial charge >= 0.3 is 0 Å². The molecule has 0 aliphatic heterocycles. The minimum Gasteiger partial charge on any atom is -0.396 e. The van der Waals surface area contributed by atoms with E-state index in [1.165, 1.54) is 64.2 Å². The molecule has 4 aliphatic rings. The lowest BCUT2D eigenvalue weighted by Gasteiger charge is -2.61. The summed E-state index contributed by atoms with van der Waals surface area (Å²) in [6, 6.07) is 0. The normalized spacial score (nSPS) is 42.4. The van der Waals surface area contributed by atoms with Gasteiger partial charge in [-0.1, -0.05) is 80.6 Å². The molecular weight excluding hydrogens is 376 g/mol. The first kappa shape index (κ1) is 27.2. The van der Waals surface area contributed by atoms with E-state index in [1.54, 1.807) is 19.3 Å². The zero-order chi connectivity index (χ0) is 23.0. The number of aliphatic hydroxyl groups is 1. The van der Waals surface area contributed by atoms with Gasteiger partial charge < -0.3 is 5.11 Å². The van der Waals surface area contributed by atoms with Crippen molar-refractivity contribution in [2.45, 2.75) is 132 Å². The fraction of sp³-hybridized carbons (Fsp3) is 1.00. The van der Waals surface area contributed by atoms with Crippen LogP contribution in [0.25, 0.3) is 0 Å². The van der Waals surface area contributed by atoms with Gasteiger partial charge in [-0.2, -0.15) is 0 Å². The fourth-order valence-corrected chi connectivity index (χ4v) is 8.92. The Labute approximate surface area is 196 Å². The van der Waals surface area contributed by atoms with E-state index in [9.17, 15) is 5.11 Å². The molecule has 9 atom stereocenters. The van der Waals surface area contributed by atoms with Gasteiger partial charge in [-0.05, 0) is 104 Å². The summed E-state index contributed by atoms with van der Waals surface area (Å²) in [5.74, 6) is 7.50. The molecule has 0 saturated heterocycles. The second-order valence-electron chi connectivity index (χ2n) is 11.9. The van der Waals surface area contributed by atoms with Crippen LogP contribution in [-0.2, 0) is 0 Å². The maximum absolute atomic E-state index is 9.85. The van der Waals surface area contributed by atoms with Crippen LogP contribution in [-0.4, -0.2) is 11.7 Å². The fourth-order valence-electron chi connectivity index (χ4n) is 8.92. The van der Waals surface area contributed by atoms with Crippen molar-refractivity contribution in [1.82, 2.24) is 0 Å². The van der Waals surface area contributed by atoms with Crippen LogP contribution in [0.3, 0.4) is 0 Å². The highest BCUT2D eigenvalue weighted by Gasteiger charge is 2.55. The Bertz CT molecular complexity index is 487. The van der Waals surface area contributed by atoms with E-state index in [2.05, 4.69) is 34.6 Å². The molecule has 4 fully saturated rings. The van der Waals surface area contributed by atoms with E-state index in [4.69, 9.17) is 0 Å². The van der Waals surface area contributed by atoms with Crippen LogP contribution in [0, 0.1) is 52.8 Å². The molecule has 0 heterocycles. The quantitative estimate of drug-likeness (QED) is 0.467. The number of aliphatic hydroxyl groups excluding tert-OH is 1. The molecule has 184 valence electrons. The van der Waals surface area contributed by atoms with E-state index in [0.717, 1.165) is 41.4 Å². The van der Waals surface area contributed by atoms with E-state index in [0.29, 0.717) is 17.9 Å². The lowest BCUT2D eigenvalue weighted by atomic mass is 9.44. The first-order valence-corrected chi connectivity index (χ1v) is 14.6. The van der Waals surface area contributed by atoms with Crippen molar-refractivity contribution in [3.63, 3.8) is 0 Å². The smallest absolute Gasteiger partial charge is 0.0459 e. The van der Waals surface area contributed by atoms with E-state index in [-0.39, 0.29) is 0 Å². The highest BCUT2D eigenvalue weighted by atomic mass is 16.3. The molecule has 4 saturated carbocycles. The summed E-state index contributed by atoms with van der Waals surface area (Å²) in [7, 11) is 0. The van der Waals surface area contributed by atoms with Gasteiger partial charge in [0.25, 0.3) is 0 Å². The van der Waals surface area contributed by atoms with E-state index >= 15 is 0 Å². The van der Waals surface area contributed by atoms with Crippen LogP contribution in [0.5, 0.6) is 0 Å². The van der Waals surface area contributed by atoms with Crippen LogP contribution in [0.15, 0.2) is 0 Å².